The number of halogens is 1. The second-order valence-electron chi connectivity index (χ2n) is 3.54. The van der Waals surface area contributed by atoms with Crippen LogP contribution in [0.3, 0.4) is 0 Å². The monoisotopic (exact) mass is 211 g/mol. The van der Waals surface area contributed by atoms with Crippen LogP contribution in [0.15, 0.2) is 18.2 Å². The molecule has 0 atom stereocenters. The summed E-state index contributed by atoms with van der Waals surface area (Å²) in [5.41, 5.74) is -0.256. The summed E-state index contributed by atoms with van der Waals surface area (Å²) in [6.45, 7) is 0. The van der Waals surface area contributed by atoms with Gasteiger partial charge >= 0.3 is 0 Å². The Balaban J connectivity index is 2.14. The Bertz CT molecular complexity index is 390. The lowest BCUT2D eigenvalue weighted by Gasteiger charge is -2.26. The van der Waals surface area contributed by atoms with Crippen molar-refractivity contribution in [1.29, 1.82) is 0 Å². The van der Waals surface area contributed by atoms with Gasteiger partial charge in [0.2, 0.25) is 0 Å². The minimum absolute atomic E-state index is 0.0703. The van der Waals surface area contributed by atoms with E-state index >= 15 is 0 Å². The molecule has 1 aliphatic rings. The third-order valence-corrected chi connectivity index (χ3v) is 2.47. The molecule has 1 aromatic carbocycles. The standard InChI is InChI=1S/C10H10FNO3/c11-9-6-7(12(13)14)4-5-10(9)15-8-2-1-3-8/h4-6,8H,1-3H2. The largest absolute Gasteiger partial charge is 0.487 e. The Labute approximate surface area is 85.8 Å². The quantitative estimate of drug-likeness (QED) is 0.570. The molecule has 0 bridgehead atoms. The molecule has 1 saturated carbocycles. The molecule has 0 heterocycles. The van der Waals surface area contributed by atoms with Gasteiger partial charge in [-0.15, -0.1) is 0 Å². The van der Waals surface area contributed by atoms with Crippen molar-refractivity contribution in [3.63, 3.8) is 0 Å². The highest BCUT2D eigenvalue weighted by Crippen LogP contribution is 2.28. The molecular formula is C10H10FNO3. The molecule has 0 aliphatic heterocycles. The van der Waals surface area contributed by atoms with Gasteiger partial charge in [-0.3, -0.25) is 10.1 Å². The molecule has 5 heteroatoms. The van der Waals surface area contributed by atoms with Crippen molar-refractivity contribution in [2.75, 3.05) is 0 Å². The molecule has 0 aromatic heterocycles. The molecule has 15 heavy (non-hydrogen) atoms. The first kappa shape index (κ1) is 9.89. The van der Waals surface area contributed by atoms with Crippen molar-refractivity contribution in [2.24, 2.45) is 0 Å². The minimum Gasteiger partial charge on any atom is -0.487 e. The maximum absolute atomic E-state index is 13.3. The fourth-order valence-electron chi connectivity index (χ4n) is 1.37. The highest BCUT2D eigenvalue weighted by molar-refractivity contribution is 5.37. The van der Waals surface area contributed by atoms with Crippen LogP contribution in [-0.2, 0) is 0 Å². The molecule has 1 aliphatic carbocycles. The van der Waals surface area contributed by atoms with Gasteiger partial charge in [0.05, 0.1) is 17.1 Å². The second-order valence-corrected chi connectivity index (χ2v) is 3.54. The Morgan fingerprint density at radius 2 is 2.20 bits per heavy atom. The Hall–Kier alpha value is -1.65. The number of nitro groups is 1. The van der Waals surface area contributed by atoms with E-state index in [0.717, 1.165) is 25.3 Å². The maximum Gasteiger partial charge on any atom is 0.272 e. The van der Waals surface area contributed by atoms with Crippen molar-refractivity contribution < 1.29 is 14.1 Å². The molecule has 0 radical (unpaired) electrons. The summed E-state index contributed by atoms with van der Waals surface area (Å²) in [7, 11) is 0. The van der Waals surface area contributed by atoms with Crippen LogP contribution in [0.25, 0.3) is 0 Å². The van der Waals surface area contributed by atoms with Crippen molar-refractivity contribution >= 4 is 5.69 Å². The minimum atomic E-state index is -0.670. The molecule has 0 saturated heterocycles. The van der Waals surface area contributed by atoms with Crippen molar-refractivity contribution in [3.8, 4) is 5.75 Å². The average Bonchev–Trinajstić information content (AvgIpc) is 2.12. The van der Waals surface area contributed by atoms with Crippen LogP contribution in [0.4, 0.5) is 10.1 Å². The molecule has 4 nitrogen and oxygen atoms in total. The Morgan fingerprint density at radius 1 is 1.47 bits per heavy atom. The number of benzene rings is 1. The van der Waals surface area contributed by atoms with Crippen LogP contribution in [0.2, 0.25) is 0 Å². The summed E-state index contributed by atoms with van der Waals surface area (Å²) in [5, 5.41) is 10.4. The van der Waals surface area contributed by atoms with E-state index in [1.165, 1.54) is 12.1 Å². The van der Waals surface area contributed by atoms with E-state index in [1.54, 1.807) is 0 Å². The van der Waals surface area contributed by atoms with Gasteiger partial charge in [-0.1, -0.05) is 0 Å². The molecule has 2 rings (SSSR count). The summed E-state index contributed by atoms with van der Waals surface area (Å²) in [6.07, 6.45) is 3.02. The number of ether oxygens (including phenoxy) is 1. The third kappa shape index (κ3) is 2.06. The summed E-state index contributed by atoms with van der Waals surface area (Å²) in [6, 6.07) is 3.44. The fourth-order valence-corrected chi connectivity index (χ4v) is 1.37. The van der Waals surface area contributed by atoms with Gasteiger partial charge in [-0.2, -0.15) is 0 Å². The van der Waals surface area contributed by atoms with Gasteiger partial charge in [0, 0.05) is 6.07 Å². The molecule has 1 aromatic rings. The Kier molecular flexibility index (Phi) is 2.53. The van der Waals surface area contributed by atoms with E-state index in [1.807, 2.05) is 0 Å². The molecular weight excluding hydrogens is 201 g/mol. The lowest BCUT2D eigenvalue weighted by atomic mass is 9.96. The van der Waals surface area contributed by atoms with Gasteiger partial charge in [0.25, 0.3) is 5.69 Å². The number of nitro benzene ring substituents is 1. The predicted molar refractivity (Wildman–Crippen MR) is 51.3 cm³/mol. The first-order chi connectivity index (χ1) is 7.16. The zero-order valence-electron chi connectivity index (χ0n) is 7.98. The molecule has 1 fully saturated rings. The van der Waals surface area contributed by atoms with Crippen LogP contribution in [-0.4, -0.2) is 11.0 Å². The van der Waals surface area contributed by atoms with Gasteiger partial charge in [0.1, 0.15) is 0 Å². The lowest BCUT2D eigenvalue weighted by Crippen LogP contribution is -2.24. The maximum atomic E-state index is 13.3. The number of nitrogens with zero attached hydrogens (tertiary/aromatic N) is 1. The van der Waals surface area contributed by atoms with Gasteiger partial charge in [0.15, 0.2) is 11.6 Å². The zero-order chi connectivity index (χ0) is 10.8. The van der Waals surface area contributed by atoms with Crippen molar-refractivity contribution in [2.45, 2.75) is 25.4 Å². The van der Waals surface area contributed by atoms with Gasteiger partial charge in [-0.05, 0) is 25.3 Å². The molecule has 0 spiro atoms. The van der Waals surface area contributed by atoms with E-state index in [-0.39, 0.29) is 17.5 Å². The molecule has 0 amide bonds. The third-order valence-electron chi connectivity index (χ3n) is 2.47. The summed E-state index contributed by atoms with van der Waals surface area (Å²) in [5.74, 6) is -0.568. The Morgan fingerprint density at radius 3 is 2.67 bits per heavy atom. The lowest BCUT2D eigenvalue weighted by molar-refractivity contribution is -0.385. The second kappa shape index (κ2) is 3.84. The van der Waals surface area contributed by atoms with Crippen LogP contribution in [0, 0.1) is 15.9 Å². The number of rotatable bonds is 3. The number of non-ortho nitro benzene ring substituents is 1. The first-order valence-electron chi connectivity index (χ1n) is 4.77. The van der Waals surface area contributed by atoms with Crippen LogP contribution in [0.1, 0.15) is 19.3 Å². The molecule has 80 valence electrons. The highest BCUT2D eigenvalue weighted by Gasteiger charge is 2.21. The SMILES string of the molecule is O=[N+]([O-])c1ccc(OC2CCC2)c(F)c1. The summed E-state index contributed by atoms with van der Waals surface area (Å²) in [4.78, 5) is 9.72. The number of hydrogen-bond acceptors (Lipinski definition) is 3. The van der Waals surface area contributed by atoms with E-state index in [9.17, 15) is 14.5 Å². The first-order valence-corrected chi connectivity index (χ1v) is 4.77. The predicted octanol–water partition coefficient (Wildman–Crippen LogP) is 2.67. The van der Waals surface area contributed by atoms with E-state index in [2.05, 4.69) is 0 Å². The van der Waals surface area contributed by atoms with E-state index in [4.69, 9.17) is 4.74 Å². The summed E-state index contributed by atoms with van der Waals surface area (Å²) < 4.78 is 18.6. The topological polar surface area (TPSA) is 52.4 Å². The van der Waals surface area contributed by atoms with Gasteiger partial charge < -0.3 is 4.74 Å². The number of hydrogen-bond donors (Lipinski definition) is 0. The van der Waals surface area contributed by atoms with Gasteiger partial charge in [-0.25, -0.2) is 4.39 Å². The van der Waals surface area contributed by atoms with E-state index < -0.39 is 10.7 Å². The van der Waals surface area contributed by atoms with Crippen LogP contribution >= 0.6 is 0 Å². The smallest absolute Gasteiger partial charge is 0.272 e. The van der Waals surface area contributed by atoms with Crippen LogP contribution in [0.5, 0.6) is 5.75 Å². The van der Waals surface area contributed by atoms with Crippen molar-refractivity contribution in [3.05, 3.63) is 34.1 Å². The molecule has 0 N–H and O–H groups in total. The van der Waals surface area contributed by atoms with E-state index in [0.29, 0.717) is 0 Å². The average molecular weight is 211 g/mol. The molecule has 0 unspecified atom stereocenters. The normalized spacial score (nSPS) is 15.8. The zero-order valence-corrected chi connectivity index (χ0v) is 7.98. The highest BCUT2D eigenvalue weighted by atomic mass is 19.1. The summed E-state index contributed by atoms with van der Waals surface area (Å²) >= 11 is 0. The van der Waals surface area contributed by atoms with Crippen molar-refractivity contribution in [1.82, 2.24) is 0 Å². The van der Waals surface area contributed by atoms with Crippen LogP contribution < -0.4 is 4.74 Å². The fraction of sp³-hybridized carbons (Fsp3) is 0.400.